The molecule has 18 rings (SSSR count). The van der Waals surface area contributed by atoms with E-state index in [1.165, 1.54) is 0 Å². The summed E-state index contributed by atoms with van der Waals surface area (Å²) < 4.78 is 16.6. The van der Waals surface area contributed by atoms with E-state index >= 15 is 0 Å². The van der Waals surface area contributed by atoms with Crippen LogP contribution in [0.5, 0.6) is 11.5 Å². The molecule has 9 nitrogen and oxygen atoms in total. The van der Waals surface area contributed by atoms with E-state index in [4.69, 9.17) is 14.7 Å². The number of nitrogens with zero attached hydrogens (tertiary/aromatic N) is 8. The number of para-hydroxylation sites is 4. The van der Waals surface area contributed by atoms with Gasteiger partial charge >= 0.3 is 0 Å². The third-order valence-electron chi connectivity index (χ3n) is 17.6. The van der Waals surface area contributed by atoms with Crippen LogP contribution in [0.2, 0.25) is 0 Å². The number of aromatic nitrogens is 6. The van der Waals surface area contributed by atoms with Crippen molar-refractivity contribution in [3.05, 3.63) is 276 Å². The van der Waals surface area contributed by atoms with Crippen molar-refractivity contribution in [3.63, 3.8) is 0 Å². The van der Waals surface area contributed by atoms with Crippen molar-refractivity contribution in [1.29, 1.82) is 10.5 Å². The van der Waals surface area contributed by atoms with Crippen LogP contribution < -0.4 is 4.74 Å². The van der Waals surface area contributed by atoms with Gasteiger partial charge in [-0.25, -0.2) is 0 Å². The van der Waals surface area contributed by atoms with E-state index in [0.29, 0.717) is 11.1 Å². The number of benzene rings is 10. The molecule has 0 saturated carbocycles. The molecule has 0 atom stereocenters. The highest BCUT2D eigenvalue weighted by Crippen LogP contribution is 2.62. The number of fused-ring (bicyclic) bond motifs is 21. The van der Waals surface area contributed by atoms with Crippen molar-refractivity contribution in [2.24, 2.45) is 0 Å². The van der Waals surface area contributed by atoms with Gasteiger partial charge in [0.1, 0.15) is 11.5 Å². The Balaban J connectivity index is 0.846. The van der Waals surface area contributed by atoms with Gasteiger partial charge in [-0.3, -0.25) is 9.97 Å². The Morgan fingerprint density at radius 1 is 0.305 bits per heavy atom. The van der Waals surface area contributed by atoms with Crippen molar-refractivity contribution >= 4 is 87.2 Å². The molecule has 82 heavy (non-hydrogen) atoms. The van der Waals surface area contributed by atoms with Crippen LogP contribution in [0.3, 0.4) is 0 Å². The lowest BCUT2D eigenvalue weighted by Crippen LogP contribution is -2.32. The molecule has 0 N–H and O–H groups in total. The second-order valence-corrected chi connectivity index (χ2v) is 21.5. The molecule has 0 bridgehead atoms. The maximum Gasteiger partial charge on any atom is 0.132 e. The van der Waals surface area contributed by atoms with E-state index in [1.54, 1.807) is 0 Å². The topological polar surface area (TPSA) is 102 Å². The molecule has 10 aromatic carbocycles. The molecule has 1 aliphatic heterocycles. The van der Waals surface area contributed by atoms with E-state index in [2.05, 4.69) is 225 Å². The van der Waals surface area contributed by atoms with Crippen molar-refractivity contribution in [3.8, 4) is 57.8 Å². The Hall–Kier alpha value is -11.5. The standard InChI is InChI=1S/C73H40N8O/c74-41-43-21-27-65-53(35-43)49-11-1-5-17-61(49)78(65)45-23-29-67-55(37-45)51-13-3-7-19-63(51)80(67)47-25-31-69-59(39-47)73(57-15-9-33-76-71(57)72-58(73)16-10-34-77-72)60-40-48(26-32-70(60)82-69)81-64-20-8-4-14-52(64)56-38-46(24-30-68(56)81)79-62-18-6-2-12-50(62)54-36-44(42-75)22-28-66(54)79/h1-40H. The van der Waals surface area contributed by atoms with Gasteiger partial charge in [0.25, 0.3) is 0 Å². The maximum absolute atomic E-state index is 9.88. The van der Waals surface area contributed by atoms with E-state index in [-0.39, 0.29) is 0 Å². The molecular weight excluding hydrogens is 1000 g/mol. The summed E-state index contributed by atoms with van der Waals surface area (Å²) >= 11 is 0. The predicted octanol–water partition coefficient (Wildman–Crippen LogP) is 17.1. The molecule has 0 saturated heterocycles. The van der Waals surface area contributed by atoms with Gasteiger partial charge in [0.15, 0.2) is 0 Å². The van der Waals surface area contributed by atoms with E-state index < -0.39 is 5.41 Å². The first-order valence-electron chi connectivity index (χ1n) is 27.4. The zero-order valence-electron chi connectivity index (χ0n) is 43.6. The molecule has 1 aliphatic carbocycles. The molecule has 378 valence electrons. The fraction of sp³-hybridized carbons (Fsp3) is 0.0137. The molecule has 2 aliphatic rings. The zero-order valence-corrected chi connectivity index (χ0v) is 43.6. The number of pyridine rings is 2. The summed E-state index contributed by atoms with van der Waals surface area (Å²) in [7, 11) is 0. The fourth-order valence-corrected chi connectivity index (χ4v) is 14.3. The van der Waals surface area contributed by atoms with Crippen LogP contribution in [0, 0.1) is 22.7 Å². The first-order chi connectivity index (χ1) is 40.6. The van der Waals surface area contributed by atoms with Gasteiger partial charge in [0, 0.05) is 89.4 Å². The lowest BCUT2D eigenvalue weighted by atomic mass is 9.66. The largest absolute Gasteiger partial charge is 0.457 e. The summed E-state index contributed by atoms with van der Waals surface area (Å²) in [6, 6.07) is 86.3. The Morgan fingerprint density at radius 2 is 0.634 bits per heavy atom. The summed E-state index contributed by atoms with van der Waals surface area (Å²) in [5.41, 5.74) is 18.8. The summed E-state index contributed by atoms with van der Waals surface area (Å²) in [4.78, 5) is 10.2. The Bertz CT molecular complexity index is 5270. The van der Waals surface area contributed by atoms with Crippen LogP contribution in [-0.4, -0.2) is 28.2 Å². The number of rotatable bonds is 4. The second-order valence-electron chi connectivity index (χ2n) is 21.5. The monoisotopic (exact) mass is 1040 g/mol. The molecule has 0 fully saturated rings. The molecule has 0 radical (unpaired) electrons. The van der Waals surface area contributed by atoms with Crippen LogP contribution in [0.25, 0.3) is 121 Å². The minimum absolute atomic E-state index is 0.639. The lowest BCUT2D eigenvalue weighted by molar-refractivity contribution is 0.436. The van der Waals surface area contributed by atoms with Gasteiger partial charge < -0.3 is 23.0 Å². The Morgan fingerprint density at radius 3 is 1.02 bits per heavy atom. The summed E-state index contributed by atoms with van der Waals surface area (Å²) in [6.45, 7) is 0. The van der Waals surface area contributed by atoms with Crippen molar-refractivity contribution in [2.75, 3.05) is 0 Å². The summed E-state index contributed by atoms with van der Waals surface area (Å²) in [6.07, 6.45) is 3.74. The number of nitriles is 2. The third-order valence-corrected chi connectivity index (χ3v) is 17.6. The minimum atomic E-state index is -0.885. The van der Waals surface area contributed by atoms with Gasteiger partial charge in [0.2, 0.25) is 0 Å². The van der Waals surface area contributed by atoms with Crippen LogP contribution in [0.4, 0.5) is 0 Å². The second kappa shape index (κ2) is 16.3. The van der Waals surface area contributed by atoms with Gasteiger partial charge in [-0.2, -0.15) is 10.5 Å². The average Bonchev–Trinajstić information content (AvgIpc) is 2.01. The predicted molar refractivity (Wildman–Crippen MR) is 326 cm³/mol. The van der Waals surface area contributed by atoms with Gasteiger partial charge in [-0.1, -0.05) is 84.9 Å². The van der Waals surface area contributed by atoms with E-state index in [9.17, 15) is 10.5 Å². The molecule has 6 aromatic heterocycles. The Kier molecular flexibility index (Phi) is 8.83. The van der Waals surface area contributed by atoms with E-state index in [1.807, 2.05) is 48.8 Å². The molecule has 1 spiro atoms. The SMILES string of the molecule is N#Cc1ccc2c(c1)c1ccccc1n2-c1ccc2c(c1)c1ccccc1n2-c1ccc2c(c1)C1(c3cc(-n4c5ccccc5c5cc(-n6c7ccccc7c7cc(C#N)ccc76)ccc54)ccc3O2)c2cccnc2-c2ncccc21. The molecule has 9 heteroatoms. The van der Waals surface area contributed by atoms with Gasteiger partial charge in [-0.15, -0.1) is 0 Å². The van der Waals surface area contributed by atoms with Crippen LogP contribution in [0.15, 0.2) is 243 Å². The molecule has 7 heterocycles. The number of hydrogen-bond donors (Lipinski definition) is 0. The van der Waals surface area contributed by atoms with Crippen LogP contribution in [-0.2, 0) is 5.41 Å². The highest BCUT2D eigenvalue weighted by atomic mass is 16.5. The third kappa shape index (κ3) is 5.77. The maximum atomic E-state index is 9.88. The molecule has 0 unspecified atom stereocenters. The highest BCUT2D eigenvalue weighted by molar-refractivity contribution is 6.14. The molecular formula is C73H40N8O. The van der Waals surface area contributed by atoms with Gasteiger partial charge in [-0.05, 0) is 157 Å². The highest BCUT2D eigenvalue weighted by Gasteiger charge is 2.53. The quantitative estimate of drug-likeness (QED) is 0.175. The fourth-order valence-electron chi connectivity index (χ4n) is 14.3. The number of hydrogen-bond acceptors (Lipinski definition) is 5. The summed E-state index contributed by atoms with van der Waals surface area (Å²) in [5.74, 6) is 1.53. The van der Waals surface area contributed by atoms with Crippen LogP contribution >= 0.6 is 0 Å². The Labute approximate surface area is 467 Å². The van der Waals surface area contributed by atoms with E-state index in [0.717, 1.165) is 155 Å². The van der Waals surface area contributed by atoms with Crippen LogP contribution in [0.1, 0.15) is 33.4 Å². The van der Waals surface area contributed by atoms with Crippen molar-refractivity contribution in [1.82, 2.24) is 28.2 Å². The molecule has 0 amide bonds. The smallest absolute Gasteiger partial charge is 0.132 e. The van der Waals surface area contributed by atoms with Crippen molar-refractivity contribution < 1.29 is 4.74 Å². The first-order valence-corrected chi connectivity index (χ1v) is 27.4. The zero-order chi connectivity index (χ0) is 53.9. The lowest BCUT2D eigenvalue weighted by Gasteiger charge is -2.39. The minimum Gasteiger partial charge on any atom is -0.457 e. The van der Waals surface area contributed by atoms with Gasteiger partial charge in [0.05, 0.1) is 84.2 Å². The number of ether oxygens (including phenoxy) is 1. The normalized spacial score (nSPS) is 13.0. The average molecular weight is 1050 g/mol. The molecule has 16 aromatic rings. The first kappa shape index (κ1) is 44.5. The summed E-state index contributed by atoms with van der Waals surface area (Å²) in [5, 5.41) is 28.6. The van der Waals surface area contributed by atoms with Crippen molar-refractivity contribution in [2.45, 2.75) is 5.41 Å².